The Kier molecular flexibility index (Phi) is 3.03. The molecule has 1 aliphatic rings. The monoisotopic (exact) mass is 298 g/mol. The van der Waals surface area contributed by atoms with E-state index in [1.165, 1.54) is 0 Å². The molecular weight excluding hydrogens is 284 g/mol. The van der Waals surface area contributed by atoms with E-state index in [1.807, 2.05) is 11.0 Å². The highest BCUT2D eigenvalue weighted by atomic mass is 16.5. The second-order valence-electron chi connectivity index (χ2n) is 4.92. The number of nitrogens with zero attached hydrogens (tertiary/aromatic N) is 4. The van der Waals surface area contributed by atoms with Crippen LogP contribution in [0.4, 0.5) is 5.95 Å². The van der Waals surface area contributed by atoms with Crippen molar-refractivity contribution in [3.05, 3.63) is 36.4 Å². The van der Waals surface area contributed by atoms with Gasteiger partial charge < -0.3 is 18.8 Å². The van der Waals surface area contributed by atoms with Crippen molar-refractivity contribution < 1.29 is 13.9 Å². The van der Waals surface area contributed by atoms with Crippen molar-refractivity contribution in [2.24, 2.45) is 0 Å². The minimum absolute atomic E-state index is 0.432. The molecule has 0 aromatic carbocycles. The maximum atomic E-state index is 5.74. The van der Waals surface area contributed by atoms with Gasteiger partial charge in [-0.1, -0.05) is 0 Å². The highest BCUT2D eigenvalue weighted by Gasteiger charge is 2.20. The van der Waals surface area contributed by atoms with Crippen LogP contribution in [0.2, 0.25) is 0 Å². The predicted molar refractivity (Wildman–Crippen MR) is 79.1 cm³/mol. The molecule has 3 aromatic heterocycles. The summed E-state index contributed by atoms with van der Waals surface area (Å²) < 4.78 is 16.4. The number of anilines is 1. The third-order valence-corrected chi connectivity index (χ3v) is 3.58. The van der Waals surface area contributed by atoms with Crippen LogP contribution in [-0.4, -0.2) is 35.2 Å². The molecule has 0 fully saturated rings. The molecule has 0 amide bonds. The third-order valence-electron chi connectivity index (χ3n) is 3.58. The summed E-state index contributed by atoms with van der Waals surface area (Å²) >= 11 is 0. The zero-order valence-electron chi connectivity index (χ0n) is 12.0. The summed E-state index contributed by atoms with van der Waals surface area (Å²) in [6.45, 7) is 1.88. The number of hydrogen-bond donors (Lipinski definition) is 0. The molecule has 0 saturated carbocycles. The van der Waals surface area contributed by atoms with Gasteiger partial charge in [0.1, 0.15) is 17.9 Å². The van der Waals surface area contributed by atoms with Gasteiger partial charge >= 0.3 is 0 Å². The fraction of sp³-hybridized carbons (Fsp3) is 0.267. The van der Waals surface area contributed by atoms with Crippen molar-refractivity contribution >= 4 is 17.0 Å². The van der Waals surface area contributed by atoms with Gasteiger partial charge in [0, 0.05) is 24.0 Å². The highest BCUT2D eigenvalue weighted by Crippen LogP contribution is 2.28. The maximum absolute atomic E-state index is 5.74. The summed E-state index contributed by atoms with van der Waals surface area (Å²) in [5, 5.41) is 0. The van der Waals surface area contributed by atoms with E-state index in [9.17, 15) is 0 Å². The molecule has 0 unspecified atom stereocenters. The van der Waals surface area contributed by atoms with Crippen LogP contribution in [-0.2, 0) is 6.54 Å². The zero-order chi connectivity index (χ0) is 14.9. The molecule has 0 spiro atoms. The first-order valence-corrected chi connectivity index (χ1v) is 6.95. The lowest BCUT2D eigenvalue weighted by atomic mass is 10.2. The molecular formula is C15H14N4O3. The Labute approximate surface area is 126 Å². The first-order valence-electron chi connectivity index (χ1n) is 6.95. The van der Waals surface area contributed by atoms with E-state index in [4.69, 9.17) is 13.9 Å². The molecule has 1 aliphatic heterocycles. The Morgan fingerprint density at radius 1 is 1.27 bits per heavy atom. The number of aromatic nitrogens is 3. The van der Waals surface area contributed by atoms with Gasteiger partial charge in [0.05, 0.1) is 26.5 Å². The lowest BCUT2D eigenvalue weighted by molar-refractivity contribution is 0.330. The predicted octanol–water partition coefficient (Wildman–Crippen LogP) is 2.03. The summed E-state index contributed by atoms with van der Waals surface area (Å²) in [7, 11) is 1.57. The van der Waals surface area contributed by atoms with Gasteiger partial charge in [0.15, 0.2) is 0 Å². The second-order valence-corrected chi connectivity index (χ2v) is 4.92. The fourth-order valence-electron chi connectivity index (χ4n) is 2.50. The van der Waals surface area contributed by atoms with E-state index in [2.05, 4.69) is 15.0 Å². The van der Waals surface area contributed by atoms with Crippen molar-refractivity contribution in [3.8, 4) is 11.6 Å². The number of ether oxygens (including phenoxy) is 2. The van der Waals surface area contributed by atoms with E-state index in [1.54, 1.807) is 31.8 Å². The number of pyridine rings is 1. The lowest BCUT2D eigenvalue weighted by Gasteiger charge is -2.19. The summed E-state index contributed by atoms with van der Waals surface area (Å²) in [5.41, 5.74) is 2.28. The first-order chi connectivity index (χ1) is 10.8. The summed E-state index contributed by atoms with van der Waals surface area (Å²) in [6.07, 6.45) is 5.11. The van der Waals surface area contributed by atoms with Gasteiger partial charge in [0.25, 0.3) is 5.88 Å². The number of rotatable bonds is 2. The molecule has 22 heavy (non-hydrogen) atoms. The summed E-state index contributed by atoms with van der Waals surface area (Å²) in [5.74, 6) is 1.88. The lowest BCUT2D eigenvalue weighted by Crippen LogP contribution is -2.27. The van der Waals surface area contributed by atoms with Crippen LogP contribution in [0, 0.1) is 0 Å². The van der Waals surface area contributed by atoms with E-state index in [0.717, 1.165) is 16.8 Å². The van der Waals surface area contributed by atoms with Crippen molar-refractivity contribution in [2.45, 2.75) is 6.54 Å². The Morgan fingerprint density at radius 2 is 2.23 bits per heavy atom. The van der Waals surface area contributed by atoms with Crippen LogP contribution in [0.3, 0.4) is 0 Å². The van der Waals surface area contributed by atoms with Crippen molar-refractivity contribution in [1.29, 1.82) is 0 Å². The standard InChI is InChI=1S/C15H14N4O3/c1-20-14-13-11(3-6-22-13)17-15(18-14)19-5-7-21-12-2-4-16-8-10(12)9-19/h2-4,6,8H,5,7,9H2,1H3. The SMILES string of the molecule is COc1nc(N2CCOc3ccncc3C2)nc2ccoc12. The molecule has 0 atom stereocenters. The second kappa shape index (κ2) is 5.18. The normalized spacial score (nSPS) is 14.3. The van der Waals surface area contributed by atoms with Crippen LogP contribution in [0.1, 0.15) is 5.56 Å². The molecule has 0 radical (unpaired) electrons. The molecule has 0 bridgehead atoms. The van der Waals surface area contributed by atoms with Gasteiger partial charge in [-0.15, -0.1) is 0 Å². The van der Waals surface area contributed by atoms with E-state index >= 15 is 0 Å². The number of methoxy groups -OCH3 is 1. The zero-order valence-corrected chi connectivity index (χ0v) is 12.0. The molecule has 112 valence electrons. The summed E-state index contributed by atoms with van der Waals surface area (Å²) in [4.78, 5) is 15.2. The molecule has 7 nitrogen and oxygen atoms in total. The summed E-state index contributed by atoms with van der Waals surface area (Å²) in [6, 6.07) is 3.67. The largest absolute Gasteiger partial charge is 0.491 e. The Hall–Kier alpha value is -2.83. The van der Waals surface area contributed by atoms with Gasteiger partial charge in [-0.2, -0.15) is 4.98 Å². The third kappa shape index (κ3) is 2.11. The topological polar surface area (TPSA) is 73.5 Å². The Morgan fingerprint density at radius 3 is 3.14 bits per heavy atom. The minimum atomic E-state index is 0.432. The van der Waals surface area contributed by atoms with Gasteiger partial charge in [-0.25, -0.2) is 4.98 Å². The number of hydrogen-bond acceptors (Lipinski definition) is 7. The highest BCUT2D eigenvalue weighted by molar-refractivity contribution is 5.78. The van der Waals surface area contributed by atoms with Crippen LogP contribution < -0.4 is 14.4 Å². The molecule has 0 aliphatic carbocycles. The number of fused-ring (bicyclic) bond motifs is 2. The smallest absolute Gasteiger partial charge is 0.263 e. The van der Waals surface area contributed by atoms with Gasteiger partial charge in [-0.05, 0) is 6.07 Å². The average molecular weight is 298 g/mol. The van der Waals surface area contributed by atoms with Crippen LogP contribution >= 0.6 is 0 Å². The molecule has 4 rings (SSSR count). The van der Waals surface area contributed by atoms with E-state index in [-0.39, 0.29) is 0 Å². The van der Waals surface area contributed by atoms with E-state index in [0.29, 0.717) is 37.1 Å². The molecule has 0 saturated heterocycles. The quantitative estimate of drug-likeness (QED) is 0.716. The van der Waals surface area contributed by atoms with Crippen LogP contribution in [0.25, 0.3) is 11.1 Å². The van der Waals surface area contributed by atoms with Crippen molar-refractivity contribution in [3.63, 3.8) is 0 Å². The van der Waals surface area contributed by atoms with Crippen molar-refractivity contribution in [2.75, 3.05) is 25.2 Å². The number of furan rings is 1. The molecule has 3 aromatic rings. The van der Waals surface area contributed by atoms with Crippen LogP contribution in [0.15, 0.2) is 35.2 Å². The van der Waals surface area contributed by atoms with Gasteiger partial charge in [0.2, 0.25) is 11.5 Å². The maximum Gasteiger partial charge on any atom is 0.263 e. The Bertz CT molecular complexity index is 817. The first kappa shape index (κ1) is 12.9. The van der Waals surface area contributed by atoms with Crippen LogP contribution in [0.5, 0.6) is 11.6 Å². The fourth-order valence-corrected chi connectivity index (χ4v) is 2.50. The average Bonchev–Trinajstić information content (AvgIpc) is 2.92. The van der Waals surface area contributed by atoms with E-state index < -0.39 is 0 Å². The molecule has 4 heterocycles. The Balaban J connectivity index is 1.75. The van der Waals surface area contributed by atoms with Crippen molar-refractivity contribution in [1.82, 2.24) is 15.0 Å². The van der Waals surface area contributed by atoms with Gasteiger partial charge in [-0.3, -0.25) is 4.98 Å². The molecule has 7 heteroatoms. The minimum Gasteiger partial charge on any atom is -0.491 e. The molecule has 0 N–H and O–H groups in total.